The molecule has 0 aromatic heterocycles. The number of aliphatic carboxylic acids is 1. The molecule has 7 heteroatoms. The van der Waals surface area contributed by atoms with Gasteiger partial charge in [0.2, 0.25) is 0 Å². The second-order valence-corrected chi connectivity index (χ2v) is 6.68. The summed E-state index contributed by atoms with van der Waals surface area (Å²) in [7, 11) is 0. The maximum atomic E-state index is 10.8. The Kier molecular flexibility index (Phi) is 5.25. The Balaban J connectivity index is 3.64. The summed E-state index contributed by atoms with van der Waals surface area (Å²) in [6, 6.07) is 0. The van der Waals surface area contributed by atoms with E-state index < -0.39 is 5.97 Å². The molecule has 16 heavy (non-hydrogen) atoms. The summed E-state index contributed by atoms with van der Waals surface area (Å²) in [6.45, 7) is 3.48. The lowest BCUT2D eigenvalue weighted by molar-refractivity contribution is -0.295. The van der Waals surface area contributed by atoms with E-state index in [1.165, 1.54) is 0 Å². The maximum absolute atomic E-state index is 10.8. The summed E-state index contributed by atoms with van der Waals surface area (Å²) in [4.78, 5) is 10.8. The van der Waals surface area contributed by atoms with Crippen LogP contribution in [0.2, 0.25) is 0 Å². The van der Waals surface area contributed by atoms with Crippen molar-refractivity contribution < 1.29 is 9.90 Å². The van der Waals surface area contributed by atoms with E-state index in [0.717, 1.165) is 4.47 Å². The number of benzene rings is 1. The van der Waals surface area contributed by atoms with E-state index in [2.05, 4.69) is 86.2 Å². The summed E-state index contributed by atoms with van der Waals surface area (Å²) in [6.07, 6.45) is 0. The van der Waals surface area contributed by atoms with Crippen molar-refractivity contribution in [1.29, 1.82) is 0 Å². The van der Waals surface area contributed by atoms with Crippen LogP contribution < -0.4 is 5.11 Å². The average Bonchev–Trinajstić information content (AvgIpc) is 2.23. The molecule has 0 aliphatic carbocycles. The first-order valence-corrected chi connectivity index (χ1v) is 7.67. The first kappa shape index (κ1) is 14.9. The summed E-state index contributed by atoms with van der Waals surface area (Å²) >= 11 is 16.6. The molecular weight excluding hydrogens is 540 g/mol. The van der Waals surface area contributed by atoms with Gasteiger partial charge in [-0.05, 0) is 85.2 Å². The fourth-order valence-corrected chi connectivity index (χ4v) is 4.50. The Bertz CT molecular complexity index is 466. The van der Waals surface area contributed by atoms with Gasteiger partial charge in [-0.15, -0.1) is 0 Å². The van der Waals surface area contributed by atoms with Crippen molar-refractivity contribution in [2.75, 3.05) is 0 Å². The zero-order chi connectivity index (χ0) is 12.6. The van der Waals surface area contributed by atoms with E-state index >= 15 is 0 Å². The number of rotatable bonds is 2. The monoisotopic (exact) mass is 537 g/mol. The molecule has 1 aromatic carbocycles. The quantitative estimate of drug-likeness (QED) is 0.319. The standard InChI is InChI=1S/C9H3Br5O2/c1-2(9(15)16)3-4(10)6(12)8(14)7(13)5(3)11/h1H2,(H,15,16)/p-1. The van der Waals surface area contributed by atoms with Gasteiger partial charge in [0.25, 0.3) is 0 Å². The third kappa shape index (κ3) is 2.63. The lowest BCUT2D eigenvalue weighted by Gasteiger charge is -2.16. The minimum absolute atomic E-state index is 0.104. The zero-order valence-corrected chi connectivity index (χ0v) is 15.3. The lowest BCUT2D eigenvalue weighted by atomic mass is 10.1. The number of carboxylic acid groups (broad SMARTS) is 1. The molecule has 0 atom stereocenters. The van der Waals surface area contributed by atoms with Crippen molar-refractivity contribution in [2.45, 2.75) is 0 Å². The van der Waals surface area contributed by atoms with Gasteiger partial charge in [0, 0.05) is 27.9 Å². The van der Waals surface area contributed by atoms with Crippen LogP contribution in [0.5, 0.6) is 0 Å². The van der Waals surface area contributed by atoms with Crippen molar-refractivity contribution in [1.82, 2.24) is 0 Å². The third-order valence-electron chi connectivity index (χ3n) is 1.76. The largest absolute Gasteiger partial charge is 0.545 e. The molecule has 2 nitrogen and oxygen atoms in total. The van der Waals surface area contributed by atoms with Gasteiger partial charge < -0.3 is 9.90 Å². The minimum Gasteiger partial charge on any atom is -0.545 e. The number of carboxylic acids is 1. The van der Waals surface area contributed by atoms with E-state index in [1.807, 2.05) is 0 Å². The molecule has 0 fully saturated rings. The van der Waals surface area contributed by atoms with Crippen LogP contribution in [0, 0.1) is 0 Å². The first-order chi connectivity index (χ1) is 7.29. The lowest BCUT2D eigenvalue weighted by Crippen LogP contribution is -2.23. The predicted molar refractivity (Wildman–Crippen MR) is 79.0 cm³/mol. The fourth-order valence-electron chi connectivity index (χ4n) is 0.972. The van der Waals surface area contributed by atoms with Gasteiger partial charge in [-0.2, -0.15) is 0 Å². The van der Waals surface area contributed by atoms with Crippen LogP contribution in [0.1, 0.15) is 5.56 Å². The SMILES string of the molecule is C=C(C(=O)[O-])c1c(Br)c(Br)c(Br)c(Br)c1Br. The van der Waals surface area contributed by atoms with Gasteiger partial charge in [0.15, 0.2) is 0 Å². The van der Waals surface area contributed by atoms with Gasteiger partial charge in [-0.3, -0.25) is 0 Å². The Morgan fingerprint density at radius 1 is 0.875 bits per heavy atom. The van der Waals surface area contributed by atoms with E-state index in [-0.39, 0.29) is 5.57 Å². The molecule has 0 bridgehead atoms. The molecule has 86 valence electrons. The van der Waals surface area contributed by atoms with Crippen molar-refractivity contribution in [2.24, 2.45) is 0 Å². The fraction of sp³-hybridized carbons (Fsp3) is 0. The van der Waals surface area contributed by atoms with Gasteiger partial charge in [0.1, 0.15) is 0 Å². The molecule has 0 heterocycles. The van der Waals surface area contributed by atoms with Gasteiger partial charge in [-0.1, -0.05) is 6.58 Å². The van der Waals surface area contributed by atoms with Crippen molar-refractivity contribution in [3.05, 3.63) is 34.5 Å². The van der Waals surface area contributed by atoms with Crippen LogP contribution in [0.15, 0.2) is 28.9 Å². The molecule has 0 radical (unpaired) electrons. The Morgan fingerprint density at radius 3 is 1.50 bits per heavy atom. The highest BCUT2D eigenvalue weighted by Gasteiger charge is 2.19. The van der Waals surface area contributed by atoms with Crippen LogP contribution in [-0.4, -0.2) is 5.97 Å². The van der Waals surface area contributed by atoms with Gasteiger partial charge in [0.05, 0.1) is 5.97 Å². The maximum Gasteiger partial charge on any atom is 0.0716 e. The topological polar surface area (TPSA) is 40.1 Å². The average molecular weight is 542 g/mol. The van der Waals surface area contributed by atoms with Gasteiger partial charge in [-0.25, -0.2) is 0 Å². The molecule has 0 spiro atoms. The number of carbonyl (C=O) groups excluding carboxylic acids is 1. The molecule has 0 aliphatic heterocycles. The van der Waals surface area contributed by atoms with Crippen LogP contribution >= 0.6 is 79.6 Å². The normalized spacial score (nSPS) is 10.3. The van der Waals surface area contributed by atoms with Crippen LogP contribution in [-0.2, 0) is 4.79 Å². The predicted octanol–water partition coefficient (Wildman–Crippen LogP) is 4.26. The van der Waals surface area contributed by atoms with E-state index in [9.17, 15) is 9.90 Å². The van der Waals surface area contributed by atoms with Crippen LogP contribution in [0.3, 0.4) is 0 Å². The van der Waals surface area contributed by atoms with Crippen LogP contribution in [0.4, 0.5) is 0 Å². The van der Waals surface area contributed by atoms with E-state index in [4.69, 9.17) is 0 Å². The van der Waals surface area contributed by atoms with Crippen molar-refractivity contribution in [3.63, 3.8) is 0 Å². The molecule has 0 saturated carbocycles. The summed E-state index contributed by atoms with van der Waals surface area (Å²) in [5.74, 6) is -1.32. The van der Waals surface area contributed by atoms with Crippen LogP contribution in [0.25, 0.3) is 5.57 Å². The summed E-state index contributed by atoms with van der Waals surface area (Å²) in [5.41, 5.74) is 0.328. The molecule has 0 unspecified atom stereocenters. The molecule has 0 N–H and O–H groups in total. The highest BCUT2D eigenvalue weighted by molar-refractivity contribution is 9.15. The third-order valence-corrected chi connectivity index (χ3v) is 7.85. The van der Waals surface area contributed by atoms with E-state index in [0.29, 0.717) is 23.5 Å². The van der Waals surface area contributed by atoms with E-state index in [1.54, 1.807) is 0 Å². The molecule has 0 saturated heterocycles. The zero-order valence-electron chi connectivity index (χ0n) is 7.41. The molecule has 0 aliphatic rings. The Morgan fingerprint density at radius 2 is 1.19 bits per heavy atom. The molecular formula is C9H2Br5O2-. The van der Waals surface area contributed by atoms with Crippen molar-refractivity contribution >= 4 is 91.2 Å². The smallest absolute Gasteiger partial charge is 0.0716 e. The molecule has 1 aromatic rings. The Labute approximate surface area is 134 Å². The minimum atomic E-state index is -1.32. The highest BCUT2D eigenvalue weighted by atomic mass is 79.9. The highest BCUT2D eigenvalue weighted by Crippen LogP contribution is 2.46. The second-order valence-electron chi connectivity index (χ2n) is 2.71. The van der Waals surface area contributed by atoms with Gasteiger partial charge >= 0.3 is 0 Å². The summed E-state index contributed by atoms with van der Waals surface area (Å²) in [5, 5.41) is 10.8. The summed E-state index contributed by atoms with van der Waals surface area (Å²) < 4.78 is 3.33. The number of halogens is 5. The Hall–Kier alpha value is 0.830. The van der Waals surface area contributed by atoms with Crippen molar-refractivity contribution in [3.8, 4) is 0 Å². The first-order valence-electron chi connectivity index (χ1n) is 3.71. The molecule has 1 rings (SSSR count). The number of hydrogen-bond acceptors (Lipinski definition) is 2. The number of hydrogen-bond donors (Lipinski definition) is 0. The number of carbonyl (C=O) groups is 1. The molecule has 0 amide bonds. The second kappa shape index (κ2) is 5.65.